The first-order valence-electron chi connectivity index (χ1n) is 4.53. The van der Waals surface area contributed by atoms with E-state index in [4.69, 9.17) is 16.3 Å². The molecule has 0 aliphatic carbocycles. The van der Waals surface area contributed by atoms with Crippen molar-refractivity contribution in [3.05, 3.63) is 10.8 Å². The fourth-order valence-corrected chi connectivity index (χ4v) is 1.81. The first-order chi connectivity index (χ1) is 7.31. The minimum atomic E-state index is -0.664. The SMILES string of the molecule is CC(C)(C)OC(=O)Nc1nc(CCl)c(F)s1. The molecule has 1 N–H and O–H groups in total. The van der Waals surface area contributed by atoms with Crippen LogP contribution >= 0.6 is 22.9 Å². The molecule has 0 spiro atoms. The summed E-state index contributed by atoms with van der Waals surface area (Å²) in [7, 11) is 0. The molecule has 0 saturated heterocycles. The molecule has 4 nitrogen and oxygen atoms in total. The van der Waals surface area contributed by atoms with Crippen molar-refractivity contribution in [2.45, 2.75) is 32.3 Å². The molecule has 0 radical (unpaired) electrons. The highest BCUT2D eigenvalue weighted by molar-refractivity contribution is 7.14. The maximum absolute atomic E-state index is 13.1. The molecule has 90 valence electrons. The van der Waals surface area contributed by atoms with E-state index in [1.807, 2.05) is 0 Å². The normalized spacial score (nSPS) is 11.3. The van der Waals surface area contributed by atoms with Gasteiger partial charge in [-0.2, -0.15) is 4.39 Å². The Morgan fingerprint density at radius 1 is 1.62 bits per heavy atom. The third-order valence-corrected chi connectivity index (χ3v) is 2.44. The van der Waals surface area contributed by atoms with Crippen molar-refractivity contribution in [2.75, 3.05) is 5.32 Å². The fourth-order valence-electron chi connectivity index (χ4n) is 0.860. The van der Waals surface area contributed by atoms with Crippen molar-refractivity contribution in [3.8, 4) is 0 Å². The molecule has 0 aliphatic rings. The van der Waals surface area contributed by atoms with Gasteiger partial charge in [-0.15, -0.1) is 11.6 Å². The molecule has 1 amide bonds. The predicted molar refractivity (Wildman–Crippen MR) is 61.5 cm³/mol. The van der Waals surface area contributed by atoms with E-state index in [-0.39, 0.29) is 16.7 Å². The lowest BCUT2D eigenvalue weighted by atomic mass is 10.2. The van der Waals surface area contributed by atoms with Gasteiger partial charge in [0.05, 0.1) is 5.88 Å². The van der Waals surface area contributed by atoms with E-state index in [0.717, 1.165) is 11.3 Å². The average Bonchev–Trinajstić information content (AvgIpc) is 2.42. The van der Waals surface area contributed by atoms with E-state index in [1.54, 1.807) is 20.8 Å². The van der Waals surface area contributed by atoms with Crippen molar-refractivity contribution in [1.29, 1.82) is 0 Å². The summed E-state index contributed by atoms with van der Waals surface area (Å²) in [5.41, 5.74) is -0.479. The smallest absolute Gasteiger partial charge is 0.413 e. The molecular weight excluding hydrogens is 255 g/mol. The summed E-state index contributed by atoms with van der Waals surface area (Å²) < 4.78 is 18.1. The summed E-state index contributed by atoms with van der Waals surface area (Å²) in [5, 5.41) is 1.98. The van der Waals surface area contributed by atoms with Crippen LogP contribution in [0.1, 0.15) is 26.5 Å². The maximum atomic E-state index is 13.1. The van der Waals surface area contributed by atoms with Gasteiger partial charge in [-0.1, -0.05) is 11.3 Å². The Hall–Kier alpha value is -0.880. The molecular formula is C9H12ClFN2O2S. The van der Waals surface area contributed by atoms with Crippen LogP contribution in [-0.2, 0) is 10.6 Å². The van der Waals surface area contributed by atoms with E-state index in [9.17, 15) is 9.18 Å². The fraction of sp³-hybridized carbons (Fsp3) is 0.556. The van der Waals surface area contributed by atoms with Gasteiger partial charge >= 0.3 is 6.09 Å². The lowest BCUT2D eigenvalue weighted by Crippen LogP contribution is -2.27. The number of hydrogen-bond acceptors (Lipinski definition) is 4. The zero-order valence-electron chi connectivity index (χ0n) is 9.13. The molecule has 1 aromatic heterocycles. The lowest BCUT2D eigenvalue weighted by molar-refractivity contribution is 0.0636. The first kappa shape index (κ1) is 13.2. The van der Waals surface area contributed by atoms with Crippen LogP contribution < -0.4 is 5.32 Å². The van der Waals surface area contributed by atoms with E-state index in [1.165, 1.54) is 0 Å². The second-order valence-corrected chi connectivity index (χ2v) is 5.22. The van der Waals surface area contributed by atoms with Crippen LogP contribution in [0.3, 0.4) is 0 Å². The van der Waals surface area contributed by atoms with Crippen molar-refractivity contribution in [3.63, 3.8) is 0 Å². The second kappa shape index (κ2) is 4.97. The van der Waals surface area contributed by atoms with Crippen LogP contribution in [0, 0.1) is 5.13 Å². The molecule has 0 saturated carbocycles. The van der Waals surface area contributed by atoms with Crippen LogP contribution in [0.15, 0.2) is 0 Å². The van der Waals surface area contributed by atoms with Crippen LogP contribution in [0.5, 0.6) is 0 Å². The molecule has 16 heavy (non-hydrogen) atoms. The molecule has 0 bridgehead atoms. The van der Waals surface area contributed by atoms with Gasteiger partial charge in [0.2, 0.25) is 5.13 Å². The van der Waals surface area contributed by atoms with Gasteiger partial charge in [0.15, 0.2) is 5.13 Å². The van der Waals surface area contributed by atoms with Crippen LogP contribution in [0.2, 0.25) is 0 Å². The molecule has 7 heteroatoms. The zero-order valence-corrected chi connectivity index (χ0v) is 10.7. The standard InChI is InChI=1S/C9H12ClFN2O2S/c1-9(2,3)15-8(14)13-7-12-5(4-10)6(11)16-7/h4H2,1-3H3,(H,12,13,14). The van der Waals surface area contributed by atoms with Gasteiger partial charge in [0, 0.05) is 0 Å². The molecule has 0 unspecified atom stereocenters. The molecule has 1 heterocycles. The summed E-state index contributed by atoms with van der Waals surface area (Å²) >= 11 is 6.17. The highest BCUT2D eigenvalue weighted by Crippen LogP contribution is 2.22. The molecule has 1 rings (SSSR count). The van der Waals surface area contributed by atoms with Crippen LogP contribution in [0.25, 0.3) is 0 Å². The van der Waals surface area contributed by atoms with Crippen molar-refractivity contribution < 1.29 is 13.9 Å². The number of halogens is 2. The van der Waals surface area contributed by atoms with Gasteiger partial charge in [-0.05, 0) is 20.8 Å². The monoisotopic (exact) mass is 266 g/mol. The third kappa shape index (κ3) is 3.94. The number of thiazole rings is 1. The summed E-state index contributed by atoms with van der Waals surface area (Å²) in [5.74, 6) is -0.0294. The summed E-state index contributed by atoms with van der Waals surface area (Å²) in [4.78, 5) is 15.1. The number of amides is 1. The Kier molecular flexibility index (Phi) is 4.09. The zero-order chi connectivity index (χ0) is 12.3. The minimum Gasteiger partial charge on any atom is -0.444 e. The van der Waals surface area contributed by atoms with E-state index in [2.05, 4.69) is 10.3 Å². The molecule has 0 atom stereocenters. The number of anilines is 1. The van der Waals surface area contributed by atoms with E-state index >= 15 is 0 Å². The highest BCUT2D eigenvalue weighted by atomic mass is 35.5. The van der Waals surface area contributed by atoms with Gasteiger partial charge in [-0.25, -0.2) is 9.78 Å². The Balaban J connectivity index is 2.63. The summed E-state index contributed by atoms with van der Waals surface area (Å²) in [6.07, 6.45) is -0.664. The number of nitrogens with one attached hydrogen (secondary N) is 1. The van der Waals surface area contributed by atoms with Crippen molar-refractivity contribution >= 4 is 34.2 Å². The quantitative estimate of drug-likeness (QED) is 0.835. The molecule has 0 aliphatic heterocycles. The molecule has 0 aromatic carbocycles. The van der Waals surface area contributed by atoms with Gasteiger partial charge in [-0.3, -0.25) is 5.32 Å². The first-order valence-corrected chi connectivity index (χ1v) is 5.88. The highest BCUT2D eigenvalue weighted by Gasteiger charge is 2.18. The van der Waals surface area contributed by atoms with Gasteiger partial charge in [0.25, 0.3) is 0 Å². The van der Waals surface area contributed by atoms with E-state index < -0.39 is 16.8 Å². The number of rotatable bonds is 2. The van der Waals surface area contributed by atoms with E-state index in [0.29, 0.717) is 0 Å². The minimum absolute atomic E-state index is 0.0294. The Bertz CT molecular complexity index is 389. The Morgan fingerprint density at radius 3 is 2.69 bits per heavy atom. The third-order valence-electron chi connectivity index (χ3n) is 1.38. The van der Waals surface area contributed by atoms with Crippen LogP contribution in [-0.4, -0.2) is 16.7 Å². The lowest BCUT2D eigenvalue weighted by Gasteiger charge is -2.18. The van der Waals surface area contributed by atoms with Gasteiger partial charge in [0.1, 0.15) is 11.3 Å². The summed E-state index contributed by atoms with van der Waals surface area (Å²) in [6.45, 7) is 5.21. The number of carbonyl (C=O) groups excluding carboxylic acids is 1. The number of nitrogens with zero attached hydrogens (tertiary/aromatic N) is 1. The maximum Gasteiger partial charge on any atom is 0.413 e. The Morgan fingerprint density at radius 2 is 2.25 bits per heavy atom. The van der Waals surface area contributed by atoms with Crippen molar-refractivity contribution in [2.24, 2.45) is 0 Å². The number of hydrogen-bond donors (Lipinski definition) is 1. The van der Waals surface area contributed by atoms with Crippen molar-refractivity contribution in [1.82, 2.24) is 4.98 Å². The molecule has 1 aromatic rings. The average molecular weight is 267 g/mol. The predicted octanol–water partition coefficient (Wildman–Crippen LogP) is 3.37. The topological polar surface area (TPSA) is 51.2 Å². The number of ether oxygens (including phenoxy) is 1. The largest absolute Gasteiger partial charge is 0.444 e. The van der Waals surface area contributed by atoms with Gasteiger partial charge < -0.3 is 4.74 Å². The number of aromatic nitrogens is 1. The number of carbonyl (C=O) groups is 1. The Labute approximate surface area is 102 Å². The molecule has 0 fully saturated rings. The summed E-state index contributed by atoms with van der Waals surface area (Å²) in [6, 6.07) is 0. The number of alkyl halides is 1. The second-order valence-electron chi connectivity index (χ2n) is 4.00. The van der Waals surface area contributed by atoms with Crippen LogP contribution in [0.4, 0.5) is 14.3 Å².